The molecular formula is C11H11ClN2O5. The number of carbonyl (C=O) groups is 2. The third-order valence-electron chi connectivity index (χ3n) is 2.07. The Balaban J connectivity index is 3.26. The van der Waals surface area contributed by atoms with Gasteiger partial charge in [-0.05, 0) is 0 Å². The van der Waals surface area contributed by atoms with Gasteiger partial charge in [0.05, 0.1) is 15.6 Å². The Morgan fingerprint density at radius 2 is 2.11 bits per heavy atom. The van der Waals surface area contributed by atoms with Crippen LogP contribution in [-0.4, -0.2) is 16.8 Å². The van der Waals surface area contributed by atoms with Gasteiger partial charge in [-0.1, -0.05) is 18.5 Å². The van der Waals surface area contributed by atoms with E-state index in [1.165, 1.54) is 6.92 Å². The Morgan fingerprint density at radius 3 is 2.58 bits per heavy atom. The highest BCUT2D eigenvalue weighted by molar-refractivity contribution is 6.34. The Bertz CT molecular complexity index is 544. The minimum Gasteiger partial charge on any atom is -0.419 e. The van der Waals surface area contributed by atoms with Crippen LogP contribution in [0.1, 0.15) is 20.3 Å². The summed E-state index contributed by atoms with van der Waals surface area (Å²) in [5, 5.41) is 13.2. The first kappa shape index (κ1) is 14.9. The fraction of sp³-hybridized carbons (Fsp3) is 0.273. The van der Waals surface area contributed by atoms with Gasteiger partial charge in [-0.3, -0.25) is 19.7 Å². The van der Waals surface area contributed by atoms with Crippen LogP contribution in [0.2, 0.25) is 5.02 Å². The molecule has 8 heteroatoms. The molecule has 0 aliphatic heterocycles. The summed E-state index contributed by atoms with van der Waals surface area (Å²) in [4.78, 5) is 32.3. The Morgan fingerprint density at radius 1 is 1.47 bits per heavy atom. The third-order valence-corrected chi connectivity index (χ3v) is 2.38. The SMILES string of the molecule is CCC(=O)Oc1cc(NC(C)=O)c(Cl)cc1[N+](=O)[O-]. The second kappa shape index (κ2) is 6.14. The molecule has 1 aromatic carbocycles. The Labute approximate surface area is 113 Å². The molecular weight excluding hydrogens is 276 g/mol. The molecule has 0 aliphatic carbocycles. The number of nitro benzene ring substituents is 1. The van der Waals surface area contributed by atoms with Crippen LogP contribution in [0.3, 0.4) is 0 Å². The van der Waals surface area contributed by atoms with Gasteiger partial charge in [0.2, 0.25) is 11.7 Å². The largest absolute Gasteiger partial charge is 0.419 e. The zero-order chi connectivity index (χ0) is 14.6. The molecule has 19 heavy (non-hydrogen) atoms. The van der Waals surface area contributed by atoms with Crippen molar-refractivity contribution in [2.75, 3.05) is 5.32 Å². The van der Waals surface area contributed by atoms with Crippen LogP contribution < -0.4 is 10.1 Å². The Kier molecular flexibility index (Phi) is 4.82. The van der Waals surface area contributed by atoms with Gasteiger partial charge in [0, 0.05) is 25.5 Å². The smallest absolute Gasteiger partial charge is 0.313 e. The lowest BCUT2D eigenvalue weighted by molar-refractivity contribution is -0.385. The molecule has 7 nitrogen and oxygen atoms in total. The van der Waals surface area contributed by atoms with E-state index in [9.17, 15) is 19.7 Å². The van der Waals surface area contributed by atoms with Crippen molar-refractivity contribution in [3.05, 3.63) is 27.3 Å². The maximum Gasteiger partial charge on any atom is 0.313 e. The van der Waals surface area contributed by atoms with Crippen LogP contribution in [0.4, 0.5) is 11.4 Å². The molecule has 0 atom stereocenters. The van der Waals surface area contributed by atoms with Crippen molar-refractivity contribution in [3.8, 4) is 5.75 Å². The minimum atomic E-state index is -0.721. The number of anilines is 1. The van der Waals surface area contributed by atoms with Crippen molar-refractivity contribution >= 4 is 34.9 Å². The number of ether oxygens (including phenoxy) is 1. The van der Waals surface area contributed by atoms with Gasteiger partial charge >= 0.3 is 11.7 Å². The van der Waals surface area contributed by atoms with E-state index in [0.717, 1.165) is 12.1 Å². The van der Waals surface area contributed by atoms with E-state index >= 15 is 0 Å². The molecule has 0 heterocycles. The fourth-order valence-electron chi connectivity index (χ4n) is 1.25. The number of carbonyl (C=O) groups excluding carboxylic acids is 2. The highest BCUT2D eigenvalue weighted by Gasteiger charge is 2.21. The van der Waals surface area contributed by atoms with Gasteiger partial charge in [0.15, 0.2) is 0 Å². The highest BCUT2D eigenvalue weighted by Crippen LogP contribution is 2.36. The van der Waals surface area contributed by atoms with Crippen LogP contribution in [0.15, 0.2) is 12.1 Å². The highest BCUT2D eigenvalue weighted by atomic mass is 35.5. The van der Waals surface area contributed by atoms with Gasteiger partial charge in [0.1, 0.15) is 0 Å². The predicted octanol–water partition coefficient (Wildman–Crippen LogP) is 2.52. The van der Waals surface area contributed by atoms with Crippen molar-refractivity contribution in [1.29, 1.82) is 0 Å². The number of rotatable bonds is 4. The van der Waals surface area contributed by atoms with Crippen LogP contribution in [0, 0.1) is 10.1 Å². The summed E-state index contributed by atoms with van der Waals surface area (Å²) in [5.74, 6) is -1.28. The quantitative estimate of drug-likeness (QED) is 0.397. The zero-order valence-electron chi connectivity index (χ0n) is 10.2. The normalized spacial score (nSPS) is 9.84. The number of nitrogens with zero attached hydrogens (tertiary/aromatic N) is 1. The molecule has 0 aliphatic rings. The number of esters is 1. The lowest BCUT2D eigenvalue weighted by Crippen LogP contribution is -2.10. The first-order chi connectivity index (χ1) is 8.85. The molecule has 0 spiro atoms. The summed E-state index contributed by atoms with van der Waals surface area (Å²) >= 11 is 5.80. The number of hydrogen-bond donors (Lipinski definition) is 1. The van der Waals surface area contributed by atoms with Gasteiger partial charge in [0.25, 0.3) is 0 Å². The summed E-state index contributed by atoms with van der Waals surface area (Å²) in [7, 11) is 0. The number of nitrogens with one attached hydrogen (secondary N) is 1. The molecule has 0 saturated carbocycles. The number of benzene rings is 1. The molecule has 102 valence electrons. The van der Waals surface area contributed by atoms with Crippen LogP contribution >= 0.6 is 11.6 Å². The van der Waals surface area contributed by atoms with Gasteiger partial charge in [-0.2, -0.15) is 0 Å². The molecule has 0 fully saturated rings. The monoisotopic (exact) mass is 286 g/mol. The van der Waals surface area contributed by atoms with Gasteiger partial charge < -0.3 is 10.1 Å². The molecule has 0 bridgehead atoms. The summed E-state index contributed by atoms with van der Waals surface area (Å²) in [6, 6.07) is 2.17. The second-order valence-electron chi connectivity index (χ2n) is 3.57. The number of halogens is 1. The number of amides is 1. The molecule has 0 radical (unpaired) electrons. The average molecular weight is 287 g/mol. The van der Waals surface area contributed by atoms with Crippen molar-refractivity contribution in [2.45, 2.75) is 20.3 Å². The Hall–Kier alpha value is -2.15. The van der Waals surface area contributed by atoms with E-state index < -0.39 is 22.5 Å². The minimum absolute atomic E-state index is 0.0156. The molecule has 1 aromatic rings. The van der Waals surface area contributed by atoms with Crippen molar-refractivity contribution in [3.63, 3.8) is 0 Å². The molecule has 1 amide bonds. The number of hydrogen-bond acceptors (Lipinski definition) is 5. The van der Waals surface area contributed by atoms with E-state index in [1.807, 2.05) is 0 Å². The molecule has 0 unspecified atom stereocenters. The van der Waals surface area contributed by atoms with E-state index in [0.29, 0.717) is 0 Å². The molecule has 0 saturated heterocycles. The maximum absolute atomic E-state index is 11.2. The molecule has 1 N–H and O–H groups in total. The van der Waals surface area contributed by atoms with Gasteiger partial charge in [-0.25, -0.2) is 0 Å². The predicted molar refractivity (Wildman–Crippen MR) is 68.3 cm³/mol. The van der Waals surface area contributed by atoms with Crippen molar-refractivity contribution in [1.82, 2.24) is 0 Å². The maximum atomic E-state index is 11.2. The van der Waals surface area contributed by atoms with Crippen LogP contribution in [-0.2, 0) is 9.59 Å². The first-order valence-corrected chi connectivity index (χ1v) is 5.69. The summed E-state index contributed by atoms with van der Waals surface area (Å²) in [6.45, 7) is 2.81. The zero-order valence-corrected chi connectivity index (χ0v) is 11.0. The molecule has 1 rings (SSSR count). The second-order valence-corrected chi connectivity index (χ2v) is 3.97. The van der Waals surface area contributed by atoms with Gasteiger partial charge in [-0.15, -0.1) is 0 Å². The van der Waals surface area contributed by atoms with Crippen molar-refractivity contribution in [2.24, 2.45) is 0 Å². The number of nitro groups is 1. The summed E-state index contributed by atoms with van der Waals surface area (Å²) in [6.07, 6.45) is 0.0647. The van der Waals surface area contributed by atoms with E-state index in [-0.39, 0.29) is 22.9 Å². The van der Waals surface area contributed by atoms with Crippen molar-refractivity contribution < 1.29 is 19.2 Å². The van der Waals surface area contributed by atoms with E-state index in [1.54, 1.807) is 6.92 Å². The average Bonchev–Trinajstić information content (AvgIpc) is 2.31. The summed E-state index contributed by atoms with van der Waals surface area (Å²) in [5.41, 5.74) is -0.306. The van der Waals surface area contributed by atoms with Crippen LogP contribution in [0.25, 0.3) is 0 Å². The topological polar surface area (TPSA) is 98.5 Å². The first-order valence-electron chi connectivity index (χ1n) is 5.31. The lowest BCUT2D eigenvalue weighted by Gasteiger charge is -2.09. The van der Waals surface area contributed by atoms with Crippen LogP contribution in [0.5, 0.6) is 5.75 Å². The molecule has 0 aromatic heterocycles. The summed E-state index contributed by atoms with van der Waals surface area (Å²) < 4.78 is 4.84. The third kappa shape index (κ3) is 3.92. The van der Waals surface area contributed by atoms with E-state index in [4.69, 9.17) is 16.3 Å². The van der Waals surface area contributed by atoms with E-state index in [2.05, 4.69) is 5.32 Å². The standard InChI is InChI=1S/C11H11ClN2O5/c1-3-11(16)19-10-5-8(13-6(2)15)7(12)4-9(10)14(17)18/h4-5H,3H2,1-2H3,(H,13,15). The fourth-order valence-corrected chi connectivity index (χ4v) is 1.45. The lowest BCUT2D eigenvalue weighted by atomic mass is 10.2.